The first-order valence-electron chi connectivity index (χ1n) is 9.63. The third-order valence-electron chi connectivity index (χ3n) is 5.28. The number of anilines is 1. The average molecular weight is 394 g/mol. The lowest BCUT2D eigenvalue weighted by molar-refractivity contribution is 0.194. The molecule has 0 aliphatic carbocycles. The van der Waals surface area contributed by atoms with Gasteiger partial charge in [0.05, 0.1) is 12.8 Å². The molecule has 1 aliphatic rings. The van der Waals surface area contributed by atoms with Gasteiger partial charge in [-0.1, -0.05) is 12.1 Å². The smallest absolute Gasteiger partial charge is 0.321 e. The fourth-order valence-corrected chi connectivity index (χ4v) is 3.61. The molecule has 1 aromatic heterocycles. The van der Waals surface area contributed by atoms with Crippen molar-refractivity contribution in [2.75, 3.05) is 25.5 Å². The van der Waals surface area contributed by atoms with Crippen LogP contribution in [0.3, 0.4) is 0 Å². The zero-order chi connectivity index (χ0) is 20.2. The number of hydrogen-bond acceptors (Lipinski definition) is 3. The molecule has 0 radical (unpaired) electrons. The number of urea groups is 1. The Balaban J connectivity index is 1.35. The summed E-state index contributed by atoms with van der Waals surface area (Å²) < 4.78 is 18.3. The fraction of sp³-hybridized carbons (Fsp3) is 0.273. The molecule has 2 aromatic carbocycles. The van der Waals surface area contributed by atoms with Crippen LogP contribution >= 0.6 is 0 Å². The van der Waals surface area contributed by atoms with Crippen LogP contribution in [-0.4, -0.2) is 41.3 Å². The lowest BCUT2D eigenvalue weighted by Gasteiger charge is -2.31. The molecule has 1 fully saturated rings. The number of aromatic nitrogens is 2. The predicted octanol–water partition coefficient (Wildman–Crippen LogP) is 4.64. The lowest BCUT2D eigenvalue weighted by atomic mass is 9.93. The van der Waals surface area contributed by atoms with E-state index in [-0.39, 0.29) is 11.8 Å². The van der Waals surface area contributed by atoms with Crippen molar-refractivity contribution < 1.29 is 13.9 Å². The van der Waals surface area contributed by atoms with Crippen LogP contribution < -0.4 is 10.1 Å². The summed E-state index contributed by atoms with van der Waals surface area (Å²) in [6, 6.07) is 15.5. The minimum absolute atomic E-state index is 0.156. The van der Waals surface area contributed by atoms with Crippen LogP contribution in [0.15, 0.2) is 54.6 Å². The molecular formula is C22H23FN4O2. The molecule has 6 nitrogen and oxygen atoms in total. The fourth-order valence-electron chi connectivity index (χ4n) is 3.61. The number of carbonyl (C=O) groups is 1. The van der Waals surface area contributed by atoms with E-state index in [0.717, 1.165) is 35.5 Å². The highest BCUT2D eigenvalue weighted by Gasteiger charge is 2.25. The normalized spacial score (nSPS) is 14.6. The highest BCUT2D eigenvalue weighted by atomic mass is 19.1. The first-order chi connectivity index (χ1) is 14.1. The molecule has 2 N–H and O–H groups in total. The Hall–Kier alpha value is -3.35. The van der Waals surface area contributed by atoms with Gasteiger partial charge in [-0.15, -0.1) is 0 Å². The number of halogens is 1. The quantitative estimate of drug-likeness (QED) is 0.677. The van der Waals surface area contributed by atoms with E-state index in [0.29, 0.717) is 24.7 Å². The molecule has 3 aromatic rings. The van der Waals surface area contributed by atoms with E-state index in [1.807, 2.05) is 24.3 Å². The minimum Gasteiger partial charge on any atom is -0.497 e. The number of nitrogens with one attached hydrogen (secondary N) is 2. The van der Waals surface area contributed by atoms with Crippen molar-refractivity contribution in [2.24, 2.45) is 0 Å². The molecule has 2 amide bonds. The third-order valence-corrected chi connectivity index (χ3v) is 5.28. The number of benzene rings is 2. The molecule has 150 valence electrons. The molecule has 2 heterocycles. The van der Waals surface area contributed by atoms with Gasteiger partial charge in [0.2, 0.25) is 0 Å². The van der Waals surface area contributed by atoms with Crippen LogP contribution in [0.4, 0.5) is 14.9 Å². The molecule has 1 aliphatic heterocycles. The number of nitrogens with zero attached hydrogens (tertiary/aromatic N) is 2. The number of amides is 2. The molecule has 0 unspecified atom stereocenters. The van der Waals surface area contributed by atoms with Crippen LogP contribution in [0.5, 0.6) is 5.75 Å². The summed E-state index contributed by atoms with van der Waals surface area (Å²) in [5, 5.41) is 10.4. The standard InChI is InChI=1S/C22H23FN4O2/c1-29-19-4-2-3-16(13-19)21-14-20(25-26-21)15-9-11-27(12-10-15)22(28)24-18-7-5-17(23)6-8-18/h2-8,13-15H,9-12H2,1H3,(H,24,28)(H,25,26). The van der Waals surface area contributed by atoms with E-state index in [2.05, 4.69) is 21.6 Å². The molecule has 0 saturated carbocycles. The highest BCUT2D eigenvalue weighted by molar-refractivity contribution is 5.89. The molecule has 1 saturated heterocycles. The maximum Gasteiger partial charge on any atom is 0.321 e. The van der Waals surface area contributed by atoms with Crippen LogP contribution in [0.2, 0.25) is 0 Å². The van der Waals surface area contributed by atoms with Crippen molar-refractivity contribution in [1.82, 2.24) is 15.1 Å². The third kappa shape index (κ3) is 4.39. The molecule has 7 heteroatoms. The monoisotopic (exact) mass is 394 g/mol. The predicted molar refractivity (Wildman–Crippen MR) is 110 cm³/mol. The summed E-state index contributed by atoms with van der Waals surface area (Å²) in [6.45, 7) is 1.32. The molecule has 4 rings (SSSR count). The van der Waals surface area contributed by atoms with Crippen LogP contribution in [0.25, 0.3) is 11.3 Å². The van der Waals surface area contributed by atoms with Gasteiger partial charge in [0.1, 0.15) is 11.6 Å². The number of methoxy groups -OCH3 is 1. The van der Waals surface area contributed by atoms with Crippen molar-refractivity contribution in [1.29, 1.82) is 0 Å². The second-order valence-corrected chi connectivity index (χ2v) is 7.14. The molecule has 29 heavy (non-hydrogen) atoms. The van der Waals surface area contributed by atoms with Gasteiger partial charge < -0.3 is 15.0 Å². The average Bonchev–Trinajstić information content (AvgIpc) is 3.26. The van der Waals surface area contributed by atoms with E-state index in [9.17, 15) is 9.18 Å². The maximum atomic E-state index is 13.0. The Morgan fingerprint density at radius 2 is 1.93 bits per heavy atom. The second kappa shape index (κ2) is 8.34. The van der Waals surface area contributed by atoms with Gasteiger partial charge >= 0.3 is 6.03 Å². The van der Waals surface area contributed by atoms with Gasteiger partial charge in [0.15, 0.2) is 0 Å². The summed E-state index contributed by atoms with van der Waals surface area (Å²) >= 11 is 0. The van der Waals surface area contributed by atoms with Crippen molar-refractivity contribution in [2.45, 2.75) is 18.8 Å². The summed E-state index contributed by atoms with van der Waals surface area (Å²) in [4.78, 5) is 14.2. The Kier molecular flexibility index (Phi) is 5.46. The van der Waals surface area contributed by atoms with Crippen LogP contribution in [0.1, 0.15) is 24.5 Å². The number of aromatic amines is 1. The number of likely N-dealkylation sites (tertiary alicyclic amines) is 1. The number of carbonyl (C=O) groups excluding carboxylic acids is 1. The molecule has 0 spiro atoms. The number of hydrogen-bond donors (Lipinski definition) is 2. The van der Waals surface area contributed by atoms with E-state index in [1.54, 1.807) is 24.1 Å². The minimum atomic E-state index is -0.323. The summed E-state index contributed by atoms with van der Waals surface area (Å²) in [5.41, 5.74) is 3.56. The Morgan fingerprint density at radius 1 is 1.17 bits per heavy atom. The van der Waals surface area contributed by atoms with Gasteiger partial charge in [-0.2, -0.15) is 5.10 Å². The van der Waals surface area contributed by atoms with E-state index >= 15 is 0 Å². The van der Waals surface area contributed by atoms with Crippen molar-refractivity contribution >= 4 is 11.7 Å². The van der Waals surface area contributed by atoms with Gasteiger partial charge in [-0.05, 0) is 55.3 Å². The Bertz CT molecular complexity index is 978. The van der Waals surface area contributed by atoms with E-state index in [4.69, 9.17) is 4.74 Å². The van der Waals surface area contributed by atoms with E-state index in [1.165, 1.54) is 12.1 Å². The zero-order valence-corrected chi connectivity index (χ0v) is 16.2. The van der Waals surface area contributed by atoms with Crippen molar-refractivity contribution in [3.8, 4) is 17.0 Å². The lowest BCUT2D eigenvalue weighted by Crippen LogP contribution is -2.40. The van der Waals surface area contributed by atoms with Crippen molar-refractivity contribution in [3.05, 3.63) is 66.1 Å². The number of ether oxygens (including phenoxy) is 1. The zero-order valence-electron chi connectivity index (χ0n) is 16.2. The number of H-pyrrole nitrogens is 1. The summed E-state index contributed by atoms with van der Waals surface area (Å²) in [7, 11) is 1.65. The number of piperidine rings is 1. The summed E-state index contributed by atoms with van der Waals surface area (Å²) in [5.74, 6) is 0.806. The molecule has 0 bridgehead atoms. The maximum absolute atomic E-state index is 13.0. The van der Waals surface area contributed by atoms with Crippen LogP contribution in [-0.2, 0) is 0 Å². The molecule has 0 atom stereocenters. The topological polar surface area (TPSA) is 70.2 Å². The second-order valence-electron chi connectivity index (χ2n) is 7.14. The SMILES string of the molecule is COc1cccc(-c2cc(C3CCN(C(=O)Nc4ccc(F)cc4)CC3)[nH]n2)c1. The summed E-state index contributed by atoms with van der Waals surface area (Å²) in [6.07, 6.45) is 1.72. The van der Waals surface area contributed by atoms with Gasteiger partial charge in [-0.3, -0.25) is 5.10 Å². The Morgan fingerprint density at radius 3 is 2.66 bits per heavy atom. The van der Waals surface area contributed by atoms with Gasteiger partial charge in [0.25, 0.3) is 0 Å². The van der Waals surface area contributed by atoms with Gasteiger partial charge in [0, 0.05) is 36.0 Å². The molecular weight excluding hydrogens is 371 g/mol. The largest absolute Gasteiger partial charge is 0.497 e. The van der Waals surface area contributed by atoms with Crippen molar-refractivity contribution in [3.63, 3.8) is 0 Å². The number of rotatable bonds is 4. The van der Waals surface area contributed by atoms with E-state index < -0.39 is 0 Å². The van der Waals surface area contributed by atoms with Crippen LogP contribution in [0, 0.1) is 5.82 Å². The van der Waals surface area contributed by atoms with Gasteiger partial charge in [-0.25, -0.2) is 9.18 Å². The highest BCUT2D eigenvalue weighted by Crippen LogP contribution is 2.30. The first-order valence-corrected chi connectivity index (χ1v) is 9.63. The Labute approximate surface area is 168 Å². The first kappa shape index (κ1) is 19.0.